The fourth-order valence-corrected chi connectivity index (χ4v) is 4.74. The Balaban J connectivity index is 1.76. The Morgan fingerprint density at radius 1 is 1.30 bits per heavy atom. The maximum Gasteiger partial charge on any atom is 0.240 e. The van der Waals surface area contributed by atoms with Crippen molar-refractivity contribution in [3.63, 3.8) is 0 Å². The molecule has 8 heteroatoms. The third-order valence-electron chi connectivity index (χ3n) is 5.32. The van der Waals surface area contributed by atoms with E-state index in [2.05, 4.69) is 16.5 Å². The number of rotatable bonds is 6. The van der Waals surface area contributed by atoms with Gasteiger partial charge in [0.15, 0.2) is 0 Å². The van der Waals surface area contributed by atoms with E-state index in [1.807, 2.05) is 6.07 Å². The quantitative estimate of drug-likeness (QED) is 0.779. The maximum atomic E-state index is 12.4. The summed E-state index contributed by atoms with van der Waals surface area (Å²) in [6.45, 7) is 2.88. The molecule has 2 aliphatic rings. The fourth-order valence-electron chi connectivity index (χ4n) is 3.67. The van der Waals surface area contributed by atoms with Gasteiger partial charge >= 0.3 is 0 Å². The summed E-state index contributed by atoms with van der Waals surface area (Å²) in [5.41, 5.74) is 3.84. The number of fused-ring (bicyclic) bond motifs is 1. The van der Waals surface area contributed by atoms with Crippen LogP contribution >= 0.6 is 0 Å². The number of aliphatic hydroxyl groups is 1. The minimum absolute atomic E-state index is 0.00748. The molecule has 144 valence electrons. The third kappa shape index (κ3) is 3.44. The van der Waals surface area contributed by atoms with E-state index < -0.39 is 10.0 Å². The highest BCUT2D eigenvalue weighted by atomic mass is 32.2. The van der Waals surface area contributed by atoms with Crippen LogP contribution in [0.2, 0.25) is 0 Å². The second-order valence-electron chi connectivity index (χ2n) is 7.13. The van der Waals surface area contributed by atoms with Crippen molar-refractivity contribution in [3.8, 4) is 11.3 Å². The lowest BCUT2D eigenvalue weighted by atomic mass is 10.0. The van der Waals surface area contributed by atoms with Gasteiger partial charge in [0, 0.05) is 36.0 Å². The second-order valence-corrected chi connectivity index (χ2v) is 8.90. The molecule has 1 aliphatic heterocycles. The minimum atomic E-state index is -3.66. The number of aryl methyl sites for hydroxylation is 1. The van der Waals surface area contributed by atoms with Crippen LogP contribution in [0, 0.1) is 0 Å². The number of hydrogen-bond donors (Lipinski definition) is 2. The predicted molar refractivity (Wildman–Crippen MR) is 103 cm³/mol. The first-order valence-corrected chi connectivity index (χ1v) is 10.9. The van der Waals surface area contributed by atoms with E-state index in [0.29, 0.717) is 6.04 Å². The molecule has 1 fully saturated rings. The van der Waals surface area contributed by atoms with Gasteiger partial charge in [0.1, 0.15) is 0 Å². The van der Waals surface area contributed by atoms with Gasteiger partial charge in [-0.1, -0.05) is 12.1 Å². The van der Waals surface area contributed by atoms with Gasteiger partial charge in [-0.25, -0.2) is 23.1 Å². The number of aromatic nitrogens is 2. The Labute approximate surface area is 159 Å². The number of nitrogens with zero attached hydrogens (tertiary/aromatic N) is 3. The molecule has 0 amide bonds. The Bertz CT molecular complexity index is 961. The van der Waals surface area contributed by atoms with Crippen molar-refractivity contribution in [1.82, 2.24) is 14.7 Å². The lowest BCUT2D eigenvalue weighted by Gasteiger charge is -2.39. The van der Waals surface area contributed by atoms with Crippen LogP contribution in [-0.4, -0.2) is 49.2 Å². The van der Waals surface area contributed by atoms with Gasteiger partial charge in [-0.15, -0.1) is 0 Å². The van der Waals surface area contributed by atoms with Gasteiger partial charge in [-0.3, -0.25) is 0 Å². The first kappa shape index (κ1) is 18.3. The van der Waals surface area contributed by atoms with E-state index in [1.54, 1.807) is 18.2 Å². The molecule has 0 saturated carbocycles. The normalized spacial score (nSPS) is 19.0. The number of sulfonamides is 1. The van der Waals surface area contributed by atoms with E-state index in [9.17, 15) is 8.42 Å². The Kier molecular flexibility index (Phi) is 4.88. The number of aliphatic hydroxyl groups excluding tert-OH is 1. The monoisotopic (exact) mass is 388 g/mol. The summed E-state index contributed by atoms with van der Waals surface area (Å²) in [6, 6.07) is 7.28. The molecule has 1 atom stereocenters. The second kappa shape index (κ2) is 7.18. The molecule has 2 heterocycles. The van der Waals surface area contributed by atoms with E-state index >= 15 is 0 Å². The Morgan fingerprint density at radius 3 is 2.85 bits per heavy atom. The zero-order valence-corrected chi connectivity index (χ0v) is 16.2. The number of hydrogen-bond acceptors (Lipinski definition) is 6. The van der Waals surface area contributed by atoms with Crippen LogP contribution in [0.4, 0.5) is 5.95 Å². The molecule has 1 saturated heterocycles. The Hall–Kier alpha value is -2.03. The molecule has 2 aromatic rings. The van der Waals surface area contributed by atoms with Crippen LogP contribution in [0.1, 0.15) is 31.0 Å². The first-order valence-electron chi connectivity index (χ1n) is 9.37. The van der Waals surface area contributed by atoms with Crippen molar-refractivity contribution in [2.75, 3.05) is 24.6 Å². The van der Waals surface area contributed by atoms with Crippen LogP contribution in [0.3, 0.4) is 0 Å². The SMILES string of the molecule is CC1CCN1c1nc2c(c(-c3cccc(S(=O)(=O)NCCO)c3)n1)CCC2. The molecule has 4 rings (SSSR count). The average molecular weight is 388 g/mol. The van der Waals surface area contributed by atoms with E-state index in [0.717, 1.165) is 60.7 Å². The van der Waals surface area contributed by atoms with Gasteiger partial charge < -0.3 is 10.0 Å². The summed E-state index contributed by atoms with van der Waals surface area (Å²) in [5, 5.41) is 8.90. The van der Waals surface area contributed by atoms with Gasteiger partial charge in [0.25, 0.3) is 0 Å². The van der Waals surface area contributed by atoms with E-state index in [4.69, 9.17) is 15.1 Å². The molecule has 1 unspecified atom stereocenters. The van der Waals surface area contributed by atoms with Crippen LogP contribution in [-0.2, 0) is 22.9 Å². The molecule has 2 N–H and O–H groups in total. The molecule has 0 bridgehead atoms. The van der Waals surface area contributed by atoms with Crippen molar-refractivity contribution in [2.45, 2.75) is 43.5 Å². The molecule has 0 spiro atoms. The Morgan fingerprint density at radius 2 is 2.15 bits per heavy atom. The highest BCUT2D eigenvalue weighted by Crippen LogP contribution is 2.34. The number of anilines is 1. The molecule has 1 aromatic carbocycles. The lowest BCUT2D eigenvalue weighted by molar-refractivity contribution is 0.301. The number of benzene rings is 1. The van der Waals surface area contributed by atoms with Crippen LogP contribution in [0.25, 0.3) is 11.3 Å². The summed E-state index contributed by atoms with van der Waals surface area (Å²) in [6.07, 6.45) is 4.04. The molecular weight excluding hydrogens is 364 g/mol. The van der Waals surface area contributed by atoms with Crippen LogP contribution < -0.4 is 9.62 Å². The highest BCUT2D eigenvalue weighted by Gasteiger charge is 2.29. The van der Waals surface area contributed by atoms with E-state index in [-0.39, 0.29) is 18.0 Å². The van der Waals surface area contributed by atoms with Gasteiger partial charge in [-0.2, -0.15) is 0 Å². The third-order valence-corrected chi connectivity index (χ3v) is 6.78. The summed E-state index contributed by atoms with van der Waals surface area (Å²) < 4.78 is 27.2. The van der Waals surface area contributed by atoms with Gasteiger partial charge in [-0.05, 0) is 44.7 Å². The molecular formula is C19H24N4O3S. The topological polar surface area (TPSA) is 95.4 Å². The summed E-state index contributed by atoms with van der Waals surface area (Å²) >= 11 is 0. The highest BCUT2D eigenvalue weighted by molar-refractivity contribution is 7.89. The van der Waals surface area contributed by atoms with Gasteiger partial charge in [0.05, 0.1) is 17.2 Å². The van der Waals surface area contributed by atoms with Crippen molar-refractivity contribution < 1.29 is 13.5 Å². The fraction of sp³-hybridized carbons (Fsp3) is 0.474. The zero-order valence-electron chi connectivity index (χ0n) is 15.4. The smallest absolute Gasteiger partial charge is 0.240 e. The predicted octanol–water partition coefficient (Wildman–Crippen LogP) is 1.50. The minimum Gasteiger partial charge on any atom is -0.395 e. The maximum absolute atomic E-state index is 12.4. The first-order chi connectivity index (χ1) is 13.0. The number of nitrogens with one attached hydrogen (secondary N) is 1. The standard InChI is InChI=1S/C19H24N4O3S/c1-13-8-10-23(13)19-21-17-7-3-6-16(17)18(22-19)14-4-2-5-15(12-14)27(25,26)20-9-11-24/h2,4-5,12-13,20,24H,3,6-11H2,1H3. The van der Waals surface area contributed by atoms with Crippen molar-refractivity contribution >= 4 is 16.0 Å². The molecule has 7 nitrogen and oxygen atoms in total. The average Bonchev–Trinajstić information content (AvgIpc) is 3.13. The van der Waals surface area contributed by atoms with E-state index in [1.165, 1.54) is 0 Å². The van der Waals surface area contributed by atoms with Crippen molar-refractivity contribution in [3.05, 3.63) is 35.5 Å². The van der Waals surface area contributed by atoms with Crippen LogP contribution in [0.15, 0.2) is 29.2 Å². The summed E-state index contributed by atoms with van der Waals surface area (Å²) in [4.78, 5) is 12.0. The van der Waals surface area contributed by atoms with Crippen molar-refractivity contribution in [1.29, 1.82) is 0 Å². The molecule has 0 radical (unpaired) electrons. The molecule has 1 aromatic heterocycles. The molecule has 27 heavy (non-hydrogen) atoms. The molecule has 1 aliphatic carbocycles. The zero-order chi connectivity index (χ0) is 19.0. The van der Waals surface area contributed by atoms with Gasteiger partial charge in [0.2, 0.25) is 16.0 Å². The van der Waals surface area contributed by atoms with Crippen molar-refractivity contribution in [2.24, 2.45) is 0 Å². The largest absolute Gasteiger partial charge is 0.395 e. The summed E-state index contributed by atoms with van der Waals surface area (Å²) in [5.74, 6) is 0.746. The summed E-state index contributed by atoms with van der Waals surface area (Å²) in [7, 11) is -3.66. The lowest BCUT2D eigenvalue weighted by Crippen LogP contribution is -2.46. The van der Waals surface area contributed by atoms with Crippen LogP contribution in [0.5, 0.6) is 0 Å².